The Morgan fingerprint density at radius 3 is 0.385 bits per heavy atom. The number of rotatable bonds is 16. The quantitative estimate of drug-likeness (QED) is 0.0846. The highest BCUT2D eigenvalue weighted by atomic mass is 14.2. The Balaban J connectivity index is 0.000000188. The molecule has 0 heteroatoms. The second-order valence-corrected chi connectivity index (χ2v) is 24.9. The highest BCUT2D eigenvalue weighted by Crippen LogP contribution is 2.34. The minimum absolute atomic E-state index is 0. The molecule has 0 saturated carbocycles. The van der Waals surface area contributed by atoms with Crippen molar-refractivity contribution < 1.29 is 0 Å². The van der Waals surface area contributed by atoms with Crippen LogP contribution in [0, 0.1) is 0 Å². The lowest BCUT2D eigenvalue weighted by atomic mass is 9.94. The van der Waals surface area contributed by atoms with Crippen LogP contribution in [-0.2, 0) is 0 Å². The molecule has 15 aromatic carbocycles. The zero-order valence-electron chi connectivity index (χ0n) is 58.8. The molecule has 0 unspecified atom stereocenters. The molecule has 0 aliphatic carbocycles. The van der Waals surface area contributed by atoms with Crippen LogP contribution >= 0.6 is 0 Å². The average molecular weight is 1340 g/mol. The molecular weight excluding hydrogens is 1250 g/mol. The molecule has 0 N–H and O–H groups in total. The van der Waals surface area contributed by atoms with Gasteiger partial charge in [-0.25, -0.2) is 0 Å². The molecule has 0 bridgehead atoms. The van der Waals surface area contributed by atoms with Crippen molar-refractivity contribution in [3.63, 3.8) is 0 Å². The van der Waals surface area contributed by atoms with E-state index in [1.54, 1.807) is 0 Å². The normalized spacial score (nSPS) is 10.2. The summed E-state index contributed by atoms with van der Waals surface area (Å²) in [6.07, 6.45) is 11.0. The lowest BCUT2D eigenvalue weighted by molar-refractivity contribution is 1.53. The molecule has 0 fully saturated rings. The molecule has 104 heavy (non-hydrogen) atoms. The molecule has 0 saturated heterocycles. The van der Waals surface area contributed by atoms with Gasteiger partial charge in [-0.15, -0.1) is 0 Å². The van der Waals surface area contributed by atoms with Crippen molar-refractivity contribution >= 4 is 40.0 Å². The van der Waals surface area contributed by atoms with Gasteiger partial charge in [-0.1, -0.05) is 450 Å². The molecule has 0 atom stereocenters. The first kappa shape index (κ1) is 72.3. The van der Waals surface area contributed by atoms with E-state index in [0.29, 0.717) is 0 Å². The second kappa shape index (κ2) is 38.0. The summed E-state index contributed by atoms with van der Waals surface area (Å²) < 4.78 is 0. The van der Waals surface area contributed by atoms with Gasteiger partial charge in [-0.2, -0.15) is 0 Å². The maximum atomic E-state index is 2.28. The summed E-state index contributed by atoms with van der Waals surface area (Å²) in [7, 11) is 0. The topological polar surface area (TPSA) is 0 Å². The van der Waals surface area contributed by atoms with Gasteiger partial charge in [0.1, 0.15) is 0 Å². The SMILES string of the molecule is C.C(=C(c1ccccc1)c1ccccc1)c1ccc(-c2ccc(-c3ccc(-c4ccc(-c5ccc(C=C(c6ccccc6)c6ccccc6)cc5)cc4)cc3)cc2)cc1.CC=C(c1ccccc1)c1ccccc1.CC=C(c1ccccc1)c1ccccc1.CC=C(c1ccccc1)c1ccccc1. The van der Waals surface area contributed by atoms with E-state index >= 15 is 0 Å². The third kappa shape index (κ3) is 19.7. The first-order chi connectivity index (χ1) is 51.0. The minimum Gasteiger partial charge on any atom is -0.0792 e. The number of hydrogen-bond acceptors (Lipinski definition) is 0. The zero-order valence-corrected chi connectivity index (χ0v) is 58.8. The molecule has 0 aliphatic heterocycles. The van der Waals surface area contributed by atoms with Gasteiger partial charge in [0.15, 0.2) is 0 Å². The van der Waals surface area contributed by atoms with Gasteiger partial charge in [0.25, 0.3) is 0 Å². The predicted molar refractivity (Wildman–Crippen MR) is 452 cm³/mol. The van der Waals surface area contributed by atoms with E-state index in [2.05, 4.69) is 439 Å². The van der Waals surface area contributed by atoms with Crippen LogP contribution in [0.25, 0.3) is 84.5 Å². The van der Waals surface area contributed by atoms with Crippen molar-refractivity contribution in [3.8, 4) is 44.5 Å². The molecule has 0 amide bonds. The molecule has 0 aliphatic rings. The summed E-state index contributed by atoms with van der Waals surface area (Å²) in [6, 6.07) is 150. The van der Waals surface area contributed by atoms with Gasteiger partial charge in [0.05, 0.1) is 0 Å². The Hall–Kier alpha value is -13.0. The van der Waals surface area contributed by atoms with Gasteiger partial charge < -0.3 is 0 Å². The zero-order chi connectivity index (χ0) is 70.5. The second-order valence-electron chi connectivity index (χ2n) is 24.9. The lowest BCUT2D eigenvalue weighted by Gasteiger charge is -2.10. The fraction of sp³-hybridized carbons (Fsp3) is 0.0385. The smallest absolute Gasteiger partial charge is 0.0105 e. The third-order valence-corrected chi connectivity index (χ3v) is 18.1. The summed E-state index contributed by atoms with van der Waals surface area (Å²) in [4.78, 5) is 0. The molecule has 0 nitrogen and oxygen atoms in total. The molecule has 15 rings (SSSR count). The maximum Gasteiger partial charge on any atom is -0.0105 e. The fourth-order valence-corrected chi connectivity index (χ4v) is 12.8. The summed E-state index contributed by atoms with van der Waals surface area (Å²) in [5, 5.41) is 0. The van der Waals surface area contributed by atoms with Gasteiger partial charge in [-0.05, 0) is 172 Å². The Bertz CT molecular complexity index is 4540. The van der Waals surface area contributed by atoms with Crippen molar-refractivity contribution in [1.29, 1.82) is 0 Å². The largest absolute Gasteiger partial charge is 0.0792 e. The highest BCUT2D eigenvalue weighted by Gasteiger charge is 2.11. The maximum absolute atomic E-state index is 2.28. The Labute approximate surface area is 618 Å². The molecular formula is C104H88. The van der Waals surface area contributed by atoms with Crippen LogP contribution in [0.1, 0.15) is 95.0 Å². The van der Waals surface area contributed by atoms with Crippen LogP contribution < -0.4 is 0 Å². The van der Waals surface area contributed by atoms with Crippen LogP contribution in [0.5, 0.6) is 0 Å². The molecule has 0 spiro atoms. The molecule has 0 aromatic heterocycles. The van der Waals surface area contributed by atoms with Gasteiger partial charge >= 0.3 is 0 Å². The van der Waals surface area contributed by atoms with E-state index in [1.807, 2.05) is 36.4 Å². The third-order valence-electron chi connectivity index (χ3n) is 18.1. The van der Waals surface area contributed by atoms with Gasteiger partial charge in [-0.3, -0.25) is 0 Å². The van der Waals surface area contributed by atoms with Crippen molar-refractivity contribution in [2.75, 3.05) is 0 Å². The van der Waals surface area contributed by atoms with Crippen LogP contribution in [-0.4, -0.2) is 0 Å². The van der Waals surface area contributed by atoms with E-state index in [1.165, 1.54) is 139 Å². The number of benzene rings is 15. The first-order valence-electron chi connectivity index (χ1n) is 35.5. The standard InChI is InChI=1S/C58H42.3C15H14.CH4/c1-5-13-53(14-6-1)57(54-15-7-2-8-16-54)41-43-21-25-45(26-22-43)47-29-33-49(34-30-47)51-37-39-52(40-38-51)50-35-31-48(32-36-50)46-27-23-44(24-28-46)42-58(55-17-9-3-10-18-55)56-19-11-4-12-20-56;3*1-2-15(13-9-5-3-6-10-13)14-11-7-4-8-12-14;/h1-42H;3*2-12H,1H3;1H4. The molecule has 504 valence electrons. The van der Waals surface area contributed by atoms with Crippen molar-refractivity contribution in [3.05, 3.63) is 510 Å². The fourth-order valence-electron chi connectivity index (χ4n) is 12.8. The van der Waals surface area contributed by atoms with Gasteiger partial charge in [0, 0.05) is 0 Å². The Kier molecular flexibility index (Phi) is 26.4. The van der Waals surface area contributed by atoms with Crippen molar-refractivity contribution in [1.82, 2.24) is 0 Å². The van der Waals surface area contributed by atoms with E-state index in [0.717, 1.165) is 0 Å². The van der Waals surface area contributed by atoms with Crippen molar-refractivity contribution in [2.24, 2.45) is 0 Å². The lowest BCUT2D eigenvalue weighted by Crippen LogP contribution is -1.88. The molecule has 15 aromatic rings. The van der Waals surface area contributed by atoms with E-state index < -0.39 is 0 Å². The summed E-state index contributed by atoms with van der Waals surface area (Å²) >= 11 is 0. The number of allylic oxidation sites excluding steroid dienone is 3. The van der Waals surface area contributed by atoms with Crippen LogP contribution in [0.4, 0.5) is 0 Å². The van der Waals surface area contributed by atoms with Crippen LogP contribution in [0.15, 0.2) is 443 Å². The Morgan fingerprint density at radius 1 is 0.144 bits per heavy atom. The monoisotopic (exact) mass is 1340 g/mol. The highest BCUT2D eigenvalue weighted by molar-refractivity contribution is 5.93. The first-order valence-corrected chi connectivity index (χ1v) is 35.5. The summed E-state index contributed by atoms with van der Waals surface area (Å²) in [5.41, 5.74) is 30.8. The van der Waals surface area contributed by atoms with E-state index in [-0.39, 0.29) is 7.43 Å². The molecule has 0 radical (unpaired) electrons. The van der Waals surface area contributed by atoms with E-state index in [4.69, 9.17) is 0 Å². The number of hydrogen-bond donors (Lipinski definition) is 0. The summed E-state index contributed by atoms with van der Waals surface area (Å²) in [5.74, 6) is 0. The molecule has 0 heterocycles. The van der Waals surface area contributed by atoms with Gasteiger partial charge in [0.2, 0.25) is 0 Å². The van der Waals surface area contributed by atoms with Crippen LogP contribution in [0.3, 0.4) is 0 Å². The minimum atomic E-state index is 0. The van der Waals surface area contributed by atoms with E-state index in [9.17, 15) is 0 Å². The van der Waals surface area contributed by atoms with Crippen molar-refractivity contribution in [2.45, 2.75) is 28.2 Å². The Morgan fingerprint density at radius 2 is 0.260 bits per heavy atom. The average Bonchev–Trinajstić information content (AvgIpc) is 0.799. The summed E-state index contributed by atoms with van der Waals surface area (Å²) in [6.45, 7) is 6.24. The predicted octanol–water partition coefficient (Wildman–Crippen LogP) is 28.6. The van der Waals surface area contributed by atoms with Crippen LogP contribution in [0.2, 0.25) is 0 Å².